The molecule has 0 atom stereocenters. The molecule has 0 bridgehead atoms. The number of carboxylic acid groups (broad SMARTS) is 1. The smallest absolute Gasteiger partial charge is 0.339 e. The highest BCUT2D eigenvalue weighted by Gasteiger charge is 2.13. The topological polar surface area (TPSA) is 62.5 Å². The summed E-state index contributed by atoms with van der Waals surface area (Å²) in [5.41, 5.74) is 2.32. The van der Waals surface area contributed by atoms with E-state index in [1.54, 1.807) is 13.0 Å². The van der Waals surface area contributed by atoms with Crippen LogP contribution in [0.5, 0.6) is 0 Å². The summed E-state index contributed by atoms with van der Waals surface area (Å²) in [5.74, 6) is 0.0616. The SMILES string of the molecule is Cc1ccc(NCc2cc(C(=O)O)c(C)o2)cc1Br. The summed E-state index contributed by atoms with van der Waals surface area (Å²) in [5, 5.41) is 12.1. The summed E-state index contributed by atoms with van der Waals surface area (Å²) in [6.07, 6.45) is 0. The van der Waals surface area contributed by atoms with Gasteiger partial charge in [-0.25, -0.2) is 4.79 Å². The normalized spacial score (nSPS) is 10.5. The van der Waals surface area contributed by atoms with Crippen LogP contribution in [0.25, 0.3) is 0 Å². The minimum absolute atomic E-state index is 0.210. The third-order valence-electron chi connectivity index (χ3n) is 2.84. The standard InChI is InChI=1S/C14H14BrNO3/c1-8-3-4-10(5-13(8)15)16-7-11-6-12(14(17)18)9(2)19-11/h3-6,16H,7H2,1-2H3,(H,17,18). The molecule has 0 amide bonds. The van der Waals surface area contributed by atoms with Crippen LogP contribution in [-0.4, -0.2) is 11.1 Å². The second-order valence-electron chi connectivity index (χ2n) is 4.31. The van der Waals surface area contributed by atoms with E-state index in [1.807, 2.05) is 25.1 Å². The van der Waals surface area contributed by atoms with Crippen molar-refractivity contribution < 1.29 is 14.3 Å². The van der Waals surface area contributed by atoms with E-state index in [0.717, 1.165) is 15.7 Å². The van der Waals surface area contributed by atoms with E-state index in [2.05, 4.69) is 21.2 Å². The molecular weight excluding hydrogens is 310 g/mol. The van der Waals surface area contributed by atoms with Crippen molar-refractivity contribution in [3.8, 4) is 0 Å². The highest BCUT2D eigenvalue weighted by atomic mass is 79.9. The van der Waals surface area contributed by atoms with Crippen LogP contribution in [-0.2, 0) is 6.54 Å². The first-order valence-electron chi connectivity index (χ1n) is 5.80. The van der Waals surface area contributed by atoms with Gasteiger partial charge in [0.25, 0.3) is 0 Å². The molecule has 1 aromatic carbocycles. The fourth-order valence-corrected chi connectivity index (χ4v) is 2.11. The predicted octanol–water partition coefficient (Wildman–Crippen LogP) is 3.97. The lowest BCUT2D eigenvalue weighted by molar-refractivity contribution is 0.0695. The average Bonchev–Trinajstić information content (AvgIpc) is 2.72. The Labute approximate surface area is 119 Å². The van der Waals surface area contributed by atoms with Gasteiger partial charge >= 0.3 is 5.97 Å². The lowest BCUT2D eigenvalue weighted by atomic mass is 10.2. The zero-order valence-corrected chi connectivity index (χ0v) is 12.2. The number of benzene rings is 1. The molecule has 0 fully saturated rings. The molecule has 100 valence electrons. The molecule has 0 radical (unpaired) electrons. The maximum absolute atomic E-state index is 10.9. The minimum Gasteiger partial charge on any atom is -0.478 e. The van der Waals surface area contributed by atoms with Crippen LogP contribution in [0.1, 0.15) is 27.4 Å². The number of carboxylic acids is 1. The van der Waals surface area contributed by atoms with Crippen LogP contribution >= 0.6 is 15.9 Å². The van der Waals surface area contributed by atoms with Gasteiger partial charge in [0, 0.05) is 10.2 Å². The molecule has 5 heteroatoms. The second-order valence-corrected chi connectivity index (χ2v) is 5.16. The van der Waals surface area contributed by atoms with Gasteiger partial charge in [-0.3, -0.25) is 0 Å². The summed E-state index contributed by atoms with van der Waals surface area (Å²) in [4.78, 5) is 10.9. The molecule has 0 aliphatic carbocycles. The number of aryl methyl sites for hydroxylation is 2. The van der Waals surface area contributed by atoms with Gasteiger partial charge < -0.3 is 14.8 Å². The maximum atomic E-state index is 10.9. The molecule has 0 saturated heterocycles. The van der Waals surface area contributed by atoms with Crippen molar-refractivity contribution in [1.29, 1.82) is 0 Å². The Hall–Kier alpha value is -1.75. The van der Waals surface area contributed by atoms with Gasteiger partial charge in [-0.15, -0.1) is 0 Å². The van der Waals surface area contributed by atoms with Crippen LogP contribution < -0.4 is 5.32 Å². The van der Waals surface area contributed by atoms with Gasteiger partial charge in [-0.1, -0.05) is 22.0 Å². The zero-order chi connectivity index (χ0) is 14.0. The first-order valence-corrected chi connectivity index (χ1v) is 6.59. The Balaban J connectivity index is 2.08. The van der Waals surface area contributed by atoms with E-state index < -0.39 is 5.97 Å². The highest BCUT2D eigenvalue weighted by Crippen LogP contribution is 2.22. The number of aromatic carboxylic acids is 1. The number of hydrogen-bond acceptors (Lipinski definition) is 3. The summed E-state index contributed by atoms with van der Waals surface area (Å²) in [7, 11) is 0. The molecular formula is C14H14BrNO3. The molecule has 0 aliphatic heterocycles. The monoisotopic (exact) mass is 323 g/mol. The number of rotatable bonds is 4. The summed E-state index contributed by atoms with van der Waals surface area (Å²) in [6.45, 7) is 4.11. The van der Waals surface area contributed by atoms with Gasteiger partial charge in [0.2, 0.25) is 0 Å². The molecule has 2 aromatic rings. The highest BCUT2D eigenvalue weighted by molar-refractivity contribution is 9.10. The van der Waals surface area contributed by atoms with Crippen molar-refractivity contribution in [1.82, 2.24) is 0 Å². The van der Waals surface area contributed by atoms with Gasteiger partial charge in [0.15, 0.2) is 0 Å². The van der Waals surface area contributed by atoms with Crippen LogP contribution in [0.3, 0.4) is 0 Å². The molecule has 0 aliphatic rings. The molecule has 4 nitrogen and oxygen atoms in total. The van der Waals surface area contributed by atoms with Crippen LogP contribution in [0.2, 0.25) is 0 Å². The number of furan rings is 1. The zero-order valence-electron chi connectivity index (χ0n) is 10.7. The van der Waals surface area contributed by atoms with Gasteiger partial charge in [0.05, 0.1) is 6.54 Å². The molecule has 1 aromatic heterocycles. The Morgan fingerprint density at radius 1 is 1.37 bits per heavy atom. The molecule has 2 N–H and O–H groups in total. The lowest BCUT2D eigenvalue weighted by Crippen LogP contribution is -1.98. The molecule has 0 spiro atoms. The van der Waals surface area contributed by atoms with Crippen molar-refractivity contribution in [2.45, 2.75) is 20.4 Å². The third kappa shape index (κ3) is 3.17. The minimum atomic E-state index is -0.967. The first-order chi connectivity index (χ1) is 8.97. The van der Waals surface area contributed by atoms with Crippen molar-refractivity contribution in [3.05, 3.63) is 51.4 Å². The van der Waals surface area contributed by atoms with E-state index in [9.17, 15) is 4.79 Å². The Morgan fingerprint density at radius 3 is 2.68 bits per heavy atom. The molecule has 2 rings (SSSR count). The number of carbonyl (C=O) groups is 1. The summed E-state index contributed by atoms with van der Waals surface area (Å²) >= 11 is 3.47. The number of anilines is 1. The van der Waals surface area contributed by atoms with Crippen molar-refractivity contribution in [2.75, 3.05) is 5.32 Å². The number of halogens is 1. The van der Waals surface area contributed by atoms with E-state index in [4.69, 9.17) is 9.52 Å². The van der Waals surface area contributed by atoms with Crippen molar-refractivity contribution in [3.63, 3.8) is 0 Å². The fourth-order valence-electron chi connectivity index (χ4n) is 1.74. The maximum Gasteiger partial charge on any atom is 0.339 e. The lowest BCUT2D eigenvalue weighted by Gasteiger charge is -2.06. The predicted molar refractivity (Wildman–Crippen MR) is 76.6 cm³/mol. The first kappa shape index (κ1) is 13.7. The summed E-state index contributed by atoms with van der Waals surface area (Å²) in [6, 6.07) is 7.49. The van der Waals surface area contributed by atoms with Crippen LogP contribution in [0, 0.1) is 13.8 Å². The average molecular weight is 324 g/mol. The quantitative estimate of drug-likeness (QED) is 0.893. The van der Waals surface area contributed by atoms with Crippen LogP contribution in [0.4, 0.5) is 5.69 Å². The Morgan fingerprint density at radius 2 is 2.11 bits per heavy atom. The van der Waals surface area contributed by atoms with E-state index >= 15 is 0 Å². The Kier molecular flexibility index (Phi) is 3.95. The van der Waals surface area contributed by atoms with Gasteiger partial charge in [-0.2, -0.15) is 0 Å². The third-order valence-corrected chi connectivity index (χ3v) is 3.69. The molecule has 0 unspecified atom stereocenters. The largest absolute Gasteiger partial charge is 0.478 e. The van der Waals surface area contributed by atoms with Gasteiger partial charge in [-0.05, 0) is 37.6 Å². The fraction of sp³-hybridized carbons (Fsp3) is 0.214. The Bertz CT molecular complexity index is 619. The van der Waals surface area contributed by atoms with E-state index in [0.29, 0.717) is 18.1 Å². The molecule has 0 saturated carbocycles. The van der Waals surface area contributed by atoms with E-state index in [-0.39, 0.29) is 5.56 Å². The second kappa shape index (κ2) is 5.48. The van der Waals surface area contributed by atoms with Crippen molar-refractivity contribution >= 4 is 27.6 Å². The summed E-state index contributed by atoms with van der Waals surface area (Å²) < 4.78 is 6.42. The molecule has 19 heavy (non-hydrogen) atoms. The van der Waals surface area contributed by atoms with Gasteiger partial charge in [0.1, 0.15) is 17.1 Å². The van der Waals surface area contributed by atoms with Crippen LogP contribution in [0.15, 0.2) is 33.2 Å². The number of nitrogens with one attached hydrogen (secondary N) is 1. The van der Waals surface area contributed by atoms with E-state index in [1.165, 1.54) is 0 Å². The van der Waals surface area contributed by atoms with Crippen molar-refractivity contribution in [2.24, 2.45) is 0 Å². The number of hydrogen-bond donors (Lipinski definition) is 2. The molecule has 1 heterocycles.